The Hall–Kier alpha value is -2.27. The fourth-order valence-electron chi connectivity index (χ4n) is 1.99. The van der Waals surface area contributed by atoms with E-state index in [-0.39, 0.29) is 5.82 Å². The zero-order valence-electron chi connectivity index (χ0n) is 14.1. The SMILES string of the molecule is C=C(N)Nc1sc(-c2ccc(C(C)C)cc2)cc1C(N)=O.CC. The van der Waals surface area contributed by atoms with E-state index in [9.17, 15) is 4.79 Å². The Morgan fingerprint density at radius 1 is 1.17 bits per heavy atom. The van der Waals surface area contributed by atoms with Crippen molar-refractivity contribution in [3.63, 3.8) is 0 Å². The van der Waals surface area contributed by atoms with Crippen LogP contribution in [0.5, 0.6) is 0 Å². The summed E-state index contributed by atoms with van der Waals surface area (Å²) in [6.07, 6.45) is 0. The van der Waals surface area contributed by atoms with Gasteiger partial charge in [0.15, 0.2) is 0 Å². The largest absolute Gasteiger partial charge is 0.386 e. The quantitative estimate of drug-likeness (QED) is 0.754. The van der Waals surface area contributed by atoms with E-state index in [0.717, 1.165) is 10.4 Å². The molecule has 0 saturated heterocycles. The average Bonchev–Trinajstić information content (AvgIpc) is 2.92. The first-order valence-corrected chi connectivity index (χ1v) is 8.45. The summed E-state index contributed by atoms with van der Waals surface area (Å²) in [6, 6.07) is 10.1. The van der Waals surface area contributed by atoms with Crippen LogP contribution in [-0.2, 0) is 0 Å². The summed E-state index contributed by atoms with van der Waals surface area (Å²) in [4.78, 5) is 12.5. The predicted molar refractivity (Wildman–Crippen MR) is 101 cm³/mol. The number of carbonyl (C=O) groups excluding carboxylic acids is 1. The molecule has 0 aliphatic carbocycles. The summed E-state index contributed by atoms with van der Waals surface area (Å²) < 4.78 is 0. The second-order valence-corrected chi connectivity index (χ2v) is 6.20. The summed E-state index contributed by atoms with van der Waals surface area (Å²) in [6.45, 7) is 11.9. The van der Waals surface area contributed by atoms with E-state index < -0.39 is 5.91 Å². The molecule has 124 valence electrons. The zero-order chi connectivity index (χ0) is 17.6. The minimum absolute atomic E-state index is 0.279. The van der Waals surface area contributed by atoms with Gasteiger partial charge in [-0.25, -0.2) is 0 Å². The van der Waals surface area contributed by atoms with Gasteiger partial charge in [-0.05, 0) is 23.1 Å². The predicted octanol–water partition coefficient (Wildman–Crippen LogP) is 4.51. The minimum atomic E-state index is -0.486. The van der Waals surface area contributed by atoms with Crippen molar-refractivity contribution in [2.45, 2.75) is 33.6 Å². The Balaban J connectivity index is 0.00000127. The molecule has 0 saturated carbocycles. The lowest BCUT2D eigenvalue weighted by Crippen LogP contribution is -2.14. The molecule has 1 aromatic carbocycles. The van der Waals surface area contributed by atoms with Crippen LogP contribution in [0.2, 0.25) is 0 Å². The van der Waals surface area contributed by atoms with Crippen molar-refractivity contribution in [1.29, 1.82) is 0 Å². The van der Waals surface area contributed by atoms with Crippen LogP contribution < -0.4 is 16.8 Å². The van der Waals surface area contributed by atoms with Crippen LogP contribution in [0, 0.1) is 0 Å². The van der Waals surface area contributed by atoms with E-state index in [2.05, 4.69) is 37.9 Å². The van der Waals surface area contributed by atoms with E-state index in [0.29, 0.717) is 16.5 Å². The minimum Gasteiger partial charge on any atom is -0.386 e. The van der Waals surface area contributed by atoms with Crippen LogP contribution >= 0.6 is 11.3 Å². The highest BCUT2D eigenvalue weighted by Crippen LogP contribution is 2.36. The van der Waals surface area contributed by atoms with Gasteiger partial charge in [-0.3, -0.25) is 4.79 Å². The van der Waals surface area contributed by atoms with Crippen molar-refractivity contribution in [1.82, 2.24) is 0 Å². The molecule has 0 spiro atoms. The summed E-state index contributed by atoms with van der Waals surface area (Å²) in [5.74, 6) is 0.280. The normalized spacial score (nSPS) is 9.96. The number of nitrogens with one attached hydrogen (secondary N) is 1. The monoisotopic (exact) mass is 331 g/mol. The summed E-state index contributed by atoms with van der Waals surface area (Å²) in [7, 11) is 0. The third-order valence-electron chi connectivity index (χ3n) is 3.13. The van der Waals surface area contributed by atoms with E-state index in [4.69, 9.17) is 11.5 Å². The molecule has 5 heteroatoms. The molecule has 1 heterocycles. The fourth-order valence-corrected chi connectivity index (χ4v) is 3.09. The Morgan fingerprint density at radius 3 is 2.17 bits per heavy atom. The first-order chi connectivity index (χ1) is 10.9. The standard InChI is InChI=1S/C16H19N3OS.C2H6/c1-9(2)11-4-6-12(7-5-11)14-8-13(15(18)20)16(21-14)19-10(3)17;1-2/h4-9,19H,3,17H2,1-2H3,(H2,18,20);1-2H3. The number of benzene rings is 1. The molecule has 0 aliphatic heterocycles. The van der Waals surface area contributed by atoms with Crippen molar-refractivity contribution in [2.75, 3.05) is 5.32 Å². The average molecular weight is 331 g/mol. The number of primary amides is 1. The highest BCUT2D eigenvalue weighted by molar-refractivity contribution is 7.19. The van der Waals surface area contributed by atoms with Crippen molar-refractivity contribution in [3.8, 4) is 10.4 Å². The van der Waals surface area contributed by atoms with Gasteiger partial charge in [0, 0.05) is 4.88 Å². The highest BCUT2D eigenvalue weighted by Gasteiger charge is 2.15. The number of thiophene rings is 1. The molecule has 2 aromatic rings. The molecular formula is C18H25N3OS. The van der Waals surface area contributed by atoms with Gasteiger partial charge in [-0.2, -0.15) is 0 Å². The Bertz CT molecular complexity index is 672. The number of amides is 1. The van der Waals surface area contributed by atoms with Crippen LogP contribution in [0.3, 0.4) is 0 Å². The van der Waals surface area contributed by atoms with E-state index in [1.165, 1.54) is 16.9 Å². The van der Waals surface area contributed by atoms with Crippen molar-refractivity contribution in [3.05, 3.63) is 53.9 Å². The number of hydrogen-bond acceptors (Lipinski definition) is 4. The summed E-state index contributed by atoms with van der Waals surface area (Å²) >= 11 is 1.43. The zero-order valence-corrected chi connectivity index (χ0v) is 15.0. The molecular weight excluding hydrogens is 306 g/mol. The number of nitrogens with two attached hydrogens (primary N) is 2. The molecule has 0 atom stereocenters. The number of anilines is 1. The molecule has 0 bridgehead atoms. The second kappa shape index (κ2) is 8.39. The Kier molecular flexibility index (Phi) is 6.85. The molecule has 23 heavy (non-hydrogen) atoms. The lowest BCUT2D eigenvalue weighted by molar-refractivity contribution is 0.100. The smallest absolute Gasteiger partial charge is 0.251 e. The van der Waals surface area contributed by atoms with Gasteiger partial charge in [0.2, 0.25) is 0 Å². The first-order valence-electron chi connectivity index (χ1n) is 7.64. The van der Waals surface area contributed by atoms with Gasteiger partial charge < -0.3 is 16.8 Å². The molecule has 0 aliphatic rings. The number of rotatable bonds is 5. The van der Waals surface area contributed by atoms with Gasteiger partial charge in [-0.1, -0.05) is 58.5 Å². The molecule has 1 aromatic heterocycles. The lowest BCUT2D eigenvalue weighted by Gasteiger charge is -2.05. The Labute approximate surface area is 142 Å². The fraction of sp³-hybridized carbons (Fsp3) is 0.278. The van der Waals surface area contributed by atoms with Crippen LogP contribution in [-0.4, -0.2) is 5.91 Å². The molecule has 5 N–H and O–H groups in total. The maximum absolute atomic E-state index is 11.5. The highest BCUT2D eigenvalue weighted by atomic mass is 32.1. The molecule has 0 unspecified atom stereocenters. The van der Waals surface area contributed by atoms with Crippen molar-refractivity contribution >= 4 is 22.2 Å². The van der Waals surface area contributed by atoms with E-state index in [1.807, 2.05) is 26.0 Å². The second-order valence-electron chi connectivity index (χ2n) is 5.14. The van der Waals surface area contributed by atoms with E-state index >= 15 is 0 Å². The van der Waals surface area contributed by atoms with Gasteiger partial charge in [0.05, 0.1) is 11.4 Å². The van der Waals surface area contributed by atoms with Crippen molar-refractivity contribution < 1.29 is 4.79 Å². The van der Waals surface area contributed by atoms with Gasteiger partial charge in [0.25, 0.3) is 5.91 Å². The third kappa shape index (κ3) is 4.86. The lowest BCUT2D eigenvalue weighted by atomic mass is 10.0. The van der Waals surface area contributed by atoms with Gasteiger partial charge in [0.1, 0.15) is 5.00 Å². The molecule has 2 rings (SSSR count). The van der Waals surface area contributed by atoms with Gasteiger partial charge >= 0.3 is 0 Å². The third-order valence-corrected chi connectivity index (χ3v) is 4.23. The summed E-state index contributed by atoms with van der Waals surface area (Å²) in [5.41, 5.74) is 13.7. The molecule has 1 amide bonds. The maximum atomic E-state index is 11.5. The van der Waals surface area contributed by atoms with Crippen LogP contribution in [0.1, 0.15) is 49.5 Å². The number of carbonyl (C=O) groups is 1. The number of hydrogen-bond donors (Lipinski definition) is 3. The molecule has 4 nitrogen and oxygen atoms in total. The topological polar surface area (TPSA) is 81.1 Å². The maximum Gasteiger partial charge on any atom is 0.251 e. The van der Waals surface area contributed by atoms with Crippen LogP contribution in [0.4, 0.5) is 5.00 Å². The first kappa shape index (κ1) is 18.8. The van der Waals surface area contributed by atoms with E-state index in [1.54, 1.807) is 6.07 Å². The molecule has 0 radical (unpaired) electrons. The van der Waals surface area contributed by atoms with Gasteiger partial charge in [-0.15, -0.1) is 11.3 Å². The molecule has 0 fully saturated rings. The Morgan fingerprint density at radius 2 is 1.74 bits per heavy atom. The van der Waals surface area contributed by atoms with Crippen molar-refractivity contribution in [2.24, 2.45) is 11.5 Å². The summed E-state index contributed by atoms with van der Waals surface area (Å²) in [5, 5.41) is 3.50. The van der Waals surface area contributed by atoms with Crippen LogP contribution in [0.25, 0.3) is 10.4 Å². The van der Waals surface area contributed by atoms with Crippen LogP contribution in [0.15, 0.2) is 42.7 Å².